The van der Waals surface area contributed by atoms with Crippen LogP contribution in [0.1, 0.15) is 18.6 Å². The van der Waals surface area contributed by atoms with E-state index >= 15 is 0 Å². The molecule has 0 radical (unpaired) electrons. The van der Waals surface area contributed by atoms with Gasteiger partial charge in [-0.1, -0.05) is 23.2 Å². The topological polar surface area (TPSA) is 122 Å². The quantitative estimate of drug-likeness (QED) is 0.346. The van der Waals surface area contributed by atoms with Gasteiger partial charge in [0.05, 0.1) is 34.6 Å². The fraction of sp³-hybridized carbons (Fsp3) is 0.391. The number of fused-ring (bicyclic) bond motifs is 1. The standard InChI is InChI=1S/C23H26Cl2N8O3S/c1-15(21-17(24)12-26-13-18(21)25)36-20-4-3-19-23(28-20)22(30-29-19)16-11-27-32(14-16)8-5-31-6-9-33(10-7-31)37(2,34)35/h3-4,11-15H,5-10H2,1-2H3,(H,29,30)/t15-/m1/s1. The highest BCUT2D eigenvalue weighted by molar-refractivity contribution is 7.88. The number of halogens is 2. The molecule has 4 aromatic heterocycles. The number of piperazine rings is 1. The smallest absolute Gasteiger partial charge is 0.214 e. The number of pyridine rings is 2. The zero-order chi connectivity index (χ0) is 26.2. The molecule has 1 atom stereocenters. The van der Waals surface area contributed by atoms with E-state index in [2.05, 4.69) is 30.2 Å². The molecule has 0 aromatic carbocycles. The van der Waals surface area contributed by atoms with Crippen molar-refractivity contribution in [2.75, 3.05) is 39.0 Å². The van der Waals surface area contributed by atoms with Crippen LogP contribution in [0.25, 0.3) is 22.3 Å². The predicted molar refractivity (Wildman–Crippen MR) is 141 cm³/mol. The second-order valence-corrected chi connectivity index (χ2v) is 11.7. The first kappa shape index (κ1) is 25.9. The van der Waals surface area contributed by atoms with Crippen molar-refractivity contribution in [3.63, 3.8) is 0 Å². The third-order valence-corrected chi connectivity index (χ3v) is 8.23. The van der Waals surface area contributed by atoms with Crippen molar-refractivity contribution in [3.8, 4) is 17.1 Å². The highest BCUT2D eigenvalue weighted by Crippen LogP contribution is 2.33. The first-order valence-corrected chi connectivity index (χ1v) is 14.3. The van der Waals surface area contributed by atoms with Crippen molar-refractivity contribution < 1.29 is 13.2 Å². The van der Waals surface area contributed by atoms with Gasteiger partial charge in [-0.05, 0) is 13.0 Å². The van der Waals surface area contributed by atoms with E-state index in [0.29, 0.717) is 65.4 Å². The van der Waals surface area contributed by atoms with E-state index in [1.165, 1.54) is 23.0 Å². The normalized spacial score (nSPS) is 16.3. The van der Waals surface area contributed by atoms with Gasteiger partial charge >= 0.3 is 0 Å². The summed E-state index contributed by atoms with van der Waals surface area (Å²) in [6, 6.07) is 3.62. The molecule has 1 fully saturated rings. The molecular formula is C23H26Cl2N8O3S. The monoisotopic (exact) mass is 564 g/mol. The number of ether oxygens (including phenoxy) is 1. The summed E-state index contributed by atoms with van der Waals surface area (Å²) in [6.45, 7) is 5.72. The van der Waals surface area contributed by atoms with Crippen LogP contribution in [0.3, 0.4) is 0 Å². The van der Waals surface area contributed by atoms with Gasteiger partial charge < -0.3 is 4.74 Å². The molecule has 5 rings (SSSR count). The van der Waals surface area contributed by atoms with Gasteiger partial charge in [-0.2, -0.15) is 14.5 Å². The summed E-state index contributed by atoms with van der Waals surface area (Å²) in [4.78, 5) is 10.9. The molecule has 0 saturated carbocycles. The van der Waals surface area contributed by atoms with Gasteiger partial charge in [-0.25, -0.2) is 13.4 Å². The van der Waals surface area contributed by atoms with Crippen LogP contribution in [0.15, 0.2) is 36.9 Å². The first-order valence-electron chi connectivity index (χ1n) is 11.7. The SMILES string of the molecule is C[C@@H](Oc1ccc2[nH]nc(-c3cnn(CCN4CCN(S(C)(=O)=O)CC4)c3)c2n1)c1c(Cl)cncc1Cl. The summed E-state index contributed by atoms with van der Waals surface area (Å²) in [5.41, 5.74) is 3.57. The number of aromatic amines is 1. The minimum Gasteiger partial charge on any atom is -0.470 e. The minimum atomic E-state index is -3.13. The van der Waals surface area contributed by atoms with Crippen LogP contribution < -0.4 is 4.74 Å². The number of nitrogens with zero attached hydrogens (tertiary/aromatic N) is 7. The van der Waals surface area contributed by atoms with Gasteiger partial charge in [0, 0.05) is 68.5 Å². The van der Waals surface area contributed by atoms with Crippen molar-refractivity contribution >= 4 is 44.3 Å². The molecule has 4 aromatic rings. The maximum Gasteiger partial charge on any atom is 0.214 e. The number of hydrogen-bond acceptors (Lipinski definition) is 8. The lowest BCUT2D eigenvalue weighted by atomic mass is 10.2. The fourth-order valence-corrected chi connectivity index (χ4v) is 5.83. The van der Waals surface area contributed by atoms with Gasteiger partial charge in [0.1, 0.15) is 17.3 Å². The summed E-state index contributed by atoms with van der Waals surface area (Å²) in [5.74, 6) is 0.409. The number of aromatic nitrogens is 6. The summed E-state index contributed by atoms with van der Waals surface area (Å²) >= 11 is 12.5. The molecule has 1 saturated heterocycles. The average molecular weight is 565 g/mol. The Labute approximate surface area is 224 Å². The maximum atomic E-state index is 11.7. The van der Waals surface area contributed by atoms with Gasteiger partial charge in [-0.3, -0.25) is 19.7 Å². The maximum absolute atomic E-state index is 11.7. The van der Waals surface area contributed by atoms with Crippen molar-refractivity contribution in [1.29, 1.82) is 0 Å². The zero-order valence-electron chi connectivity index (χ0n) is 20.3. The molecule has 0 amide bonds. The predicted octanol–water partition coefficient (Wildman–Crippen LogP) is 3.24. The largest absolute Gasteiger partial charge is 0.470 e. The highest BCUT2D eigenvalue weighted by atomic mass is 35.5. The molecule has 5 heterocycles. The molecule has 0 aliphatic carbocycles. The van der Waals surface area contributed by atoms with E-state index in [1.54, 1.807) is 12.3 Å². The van der Waals surface area contributed by atoms with E-state index in [-0.39, 0.29) is 0 Å². The van der Waals surface area contributed by atoms with Crippen molar-refractivity contribution in [2.45, 2.75) is 19.6 Å². The van der Waals surface area contributed by atoms with Gasteiger partial charge in [0.25, 0.3) is 0 Å². The lowest BCUT2D eigenvalue weighted by Gasteiger charge is -2.33. The fourth-order valence-electron chi connectivity index (χ4n) is 4.33. The Balaban J connectivity index is 1.27. The van der Waals surface area contributed by atoms with E-state index in [0.717, 1.165) is 17.6 Å². The molecule has 37 heavy (non-hydrogen) atoms. The highest BCUT2D eigenvalue weighted by Gasteiger charge is 2.23. The molecule has 1 aliphatic rings. The number of sulfonamides is 1. The third kappa shape index (κ3) is 5.73. The Morgan fingerprint density at radius 3 is 2.51 bits per heavy atom. The molecule has 0 spiro atoms. The number of nitrogens with one attached hydrogen (secondary N) is 1. The number of rotatable bonds is 8. The molecule has 14 heteroatoms. The molecule has 11 nitrogen and oxygen atoms in total. The van der Waals surface area contributed by atoms with Crippen molar-refractivity contribution in [1.82, 2.24) is 39.2 Å². The Hall–Kier alpha value is -2.77. The lowest BCUT2D eigenvalue weighted by molar-refractivity contribution is 0.181. The van der Waals surface area contributed by atoms with Crippen LogP contribution in [0.2, 0.25) is 10.0 Å². The summed E-state index contributed by atoms with van der Waals surface area (Å²) in [6.07, 6.45) is 7.55. The van der Waals surface area contributed by atoms with E-state index < -0.39 is 16.1 Å². The van der Waals surface area contributed by atoms with Crippen LogP contribution in [-0.2, 0) is 16.6 Å². The number of H-pyrrole nitrogens is 1. The first-order chi connectivity index (χ1) is 17.7. The van der Waals surface area contributed by atoms with Crippen molar-refractivity contribution in [2.24, 2.45) is 0 Å². The molecule has 1 N–H and O–H groups in total. The van der Waals surface area contributed by atoms with E-state index in [1.807, 2.05) is 23.9 Å². The summed E-state index contributed by atoms with van der Waals surface area (Å²) in [5, 5.41) is 12.8. The second-order valence-electron chi connectivity index (χ2n) is 8.89. The second kappa shape index (κ2) is 10.5. The molecule has 1 aliphatic heterocycles. The van der Waals surface area contributed by atoms with Crippen LogP contribution in [0.5, 0.6) is 5.88 Å². The minimum absolute atomic E-state index is 0.409. The molecular weight excluding hydrogens is 539 g/mol. The van der Waals surface area contributed by atoms with Crippen LogP contribution in [-0.4, -0.2) is 86.5 Å². The van der Waals surface area contributed by atoms with Crippen LogP contribution in [0.4, 0.5) is 0 Å². The Morgan fingerprint density at radius 2 is 1.81 bits per heavy atom. The molecule has 0 unspecified atom stereocenters. The van der Waals surface area contributed by atoms with Crippen LogP contribution >= 0.6 is 23.2 Å². The average Bonchev–Trinajstić information content (AvgIpc) is 3.49. The summed E-state index contributed by atoms with van der Waals surface area (Å²) in [7, 11) is -3.13. The third-order valence-electron chi connectivity index (χ3n) is 6.33. The molecule has 0 bridgehead atoms. The van der Waals surface area contributed by atoms with E-state index in [9.17, 15) is 8.42 Å². The Bertz CT molecular complexity index is 1500. The number of hydrogen-bond donors (Lipinski definition) is 1. The van der Waals surface area contributed by atoms with E-state index in [4.69, 9.17) is 27.9 Å². The van der Waals surface area contributed by atoms with Gasteiger partial charge in [0.2, 0.25) is 15.9 Å². The zero-order valence-corrected chi connectivity index (χ0v) is 22.6. The van der Waals surface area contributed by atoms with Gasteiger partial charge in [0.15, 0.2) is 0 Å². The Kier molecular flexibility index (Phi) is 7.37. The van der Waals surface area contributed by atoms with Crippen molar-refractivity contribution in [3.05, 3.63) is 52.5 Å². The Morgan fingerprint density at radius 1 is 1.08 bits per heavy atom. The summed E-state index contributed by atoms with van der Waals surface area (Å²) < 4.78 is 32.8. The molecule has 196 valence electrons. The lowest BCUT2D eigenvalue weighted by Crippen LogP contribution is -2.48. The van der Waals surface area contributed by atoms with Crippen LogP contribution in [0, 0.1) is 0 Å². The van der Waals surface area contributed by atoms with Gasteiger partial charge in [-0.15, -0.1) is 0 Å².